The van der Waals surface area contributed by atoms with Gasteiger partial charge in [-0.25, -0.2) is 4.79 Å². The Bertz CT molecular complexity index is 874. The molecule has 0 bridgehead atoms. The zero-order valence-corrected chi connectivity index (χ0v) is 13.8. The van der Waals surface area contributed by atoms with Gasteiger partial charge in [-0.05, 0) is 23.8 Å². The van der Waals surface area contributed by atoms with Crippen LogP contribution in [-0.2, 0) is 12.7 Å². The minimum atomic E-state index is -4.55. The molecule has 12 heteroatoms. The maximum atomic E-state index is 12.7. The lowest BCUT2D eigenvalue weighted by atomic mass is 10.1. The minimum absolute atomic E-state index is 0.132. The van der Waals surface area contributed by atoms with E-state index < -0.39 is 46.4 Å². The number of anilines is 1. The quantitative estimate of drug-likeness (QED) is 0.419. The summed E-state index contributed by atoms with van der Waals surface area (Å²) in [6.07, 6.45) is -4.55. The average molecular weight is 405 g/mol. The number of carbonyl (C=O) groups excluding carboxylic acids is 1. The smallest absolute Gasteiger partial charge is 0.416 e. The molecule has 0 unspecified atom stereocenters. The molecule has 2 aromatic carbocycles. The zero-order chi connectivity index (χ0) is 20.9. The minimum Gasteiger partial charge on any atom is -0.433 e. The molecule has 0 heterocycles. The largest absolute Gasteiger partial charge is 0.433 e. The molecule has 0 fully saturated rings. The number of hydrogen-bond acceptors (Lipinski definition) is 4. The van der Waals surface area contributed by atoms with E-state index in [1.54, 1.807) is 0 Å². The second kappa shape index (κ2) is 8.50. The standard InChI is InChI=1S/C16H12F5N3O4/c17-14(18)28-13-5-4-11(24(26)27)7-12(13)23-15(25)22-8-9-2-1-3-10(6-9)16(19,20)21/h1-7,14H,8H2,(H2,22,23,25). The van der Waals surface area contributed by atoms with Crippen molar-refractivity contribution < 1.29 is 36.4 Å². The van der Waals surface area contributed by atoms with Gasteiger partial charge in [0.25, 0.3) is 5.69 Å². The fourth-order valence-corrected chi connectivity index (χ4v) is 2.13. The molecule has 2 aromatic rings. The van der Waals surface area contributed by atoms with E-state index in [4.69, 9.17) is 0 Å². The van der Waals surface area contributed by atoms with Crippen molar-refractivity contribution in [3.63, 3.8) is 0 Å². The number of carbonyl (C=O) groups is 1. The highest BCUT2D eigenvalue weighted by Crippen LogP contribution is 2.31. The zero-order valence-electron chi connectivity index (χ0n) is 13.8. The van der Waals surface area contributed by atoms with Crippen molar-refractivity contribution in [1.82, 2.24) is 5.32 Å². The summed E-state index contributed by atoms with van der Waals surface area (Å²) in [4.78, 5) is 21.9. The van der Waals surface area contributed by atoms with E-state index in [9.17, 15) is 36.9 Å². The molecule has 0 aromatic heterocycles. The van der Waals surface area contributed by atoms with Crippen molar-refractivity contribution >= 4 is 17.4 Å². The predicted molar refractivity (Wildman–Crippen MR) is 87.0 cm³/mol. The number of benzene rings is 2. The second-order valence-corrected chi connectivity index (χ2v) is 5.32. The lowest BCUT2D eigenvalue weighted by Gasteiger charge is -2.13. The molecule has 0 saturated heterocycles. The molecule has 0 spiro atoms. The number of alkyl halides is 5. The molecular formula is C16H12F5N3O4. The van der Waals surface area contributed by atoms with Gasteiger partial charge in [0.2, 0.25) is 0 Å². The van der Waals surface area contributed by atoms with Gasteiger partial charge in [0.05, 0.1) is 16.2 Å². The van der Waals surface area contributed by atoms with Gasteiger partial charge in [-0.3, -0.25) is 10.1 Å². The van der Waals surface area contributed by atoms with E-state index in [-0.39, 0.29) is 12.1 Å². The molecule has 150 valence electrons. The van der Waals surface area contributed by atoms with Crippen LogP contribution in [-0.4, -0.2) is 17.6 Å². The Hall–Kier alpha value is -3.44. The summed E-state index contributed by atoms with van der Waals surface area (Å²) in [6.45, 7) is -3.55. The normalized spacial score (nSPS) is 11.2. The third-order valence-corrected chi connectivity index (χ3v) is 3.35. The molecule has 0 atom stereocenters. The number of nitrogens with zero attached hydrogens (tertiary/aromatic N) is 1. The number of non-ortho nitro benzene ring substituents is 1. The van der Waals surface area contributed by atoms with E-state index in [0.717, 1.165) is 36.4 Å². The van der Waals surface area contributed by atoms with Crippen molar-refractivity contribution in [3.05, 3.63) is 63.7 Å². The summed E-state index contributed by atoms with van der Waals surface area (Å²) < 4.78 is 67.1. The fourth-order valence-electron chi connectivity index (χ4n) is 2.13. The van der Waals surface area contributed by atoms with Crippen molar-refractivity contribution in [3.8, 4) is 5.75 Å². The van der Waals surface area contributed by atoms with Crippen LogP contribution in [0.15, 0.2) is 42.5 Å². The van der Waals surface area contributed by atoms with Gasteiger partial charge < -0.3 is 15.4 Å². The first kappa shape index (κ1) is 20.9. The maximum Gasteiger partial charge on any atom is 0.416 e. The molecule has 2 amide bonds. The first-order valence-electron chi connectivity index (χ1n) is 7.50. The third-order valence-electron chi connectivity index (χ3n) is 3.35. The summed E-state index contributed by atoms with van der Waals surface area (Å²) >= 11 is 0. The van der Waals surface area contributed by atoms with Gasteiger partial charge in [0.15, 0.2) is 0 Å². The highest BCUT2D eigenvalue weighted by atomic mass is 19.4. The second-order valence-electron chi connectivity index (χ2n) is 5.32. The van der Waals surface area contributed by atoms with E-state index in [1.807, 2.05) is 0 Å². The van der Waals surface area contributed by atoms with Gasteiger partial charge in [0, 0.05) is 18.7 Å². The Labute approximate surface area is 154 Å². The highest BCUT2D eigenvalue weighted by molar-refractivity contribution is 5.91. The summed E-state index contributed by atoms with van der Waals surface area (Å²) in [5, 5.41) is 15.1. The van der Waals surface area contributed by atoms with Crippen LogP contribution >= 0.6 is 0 Å². The summed E-state index contributed by atoms with van der Waals surface area (Å²) in [7, 11) is 0. The number of nitrogens with one attached hydrogen (secondary N) is 2. The number of amides is 2. The van der Waals surface area contributed by atoms with Gasteiger partial charge >= 0.3 is 18.8 Å². The Morgan fingerprint density at radius 2 is 1.89 bits per heavy atom. The number of urea groups is 1. The van der Waals surface area contributed by atoms with Crippen LogP contribution in [0.25, 0.3) is 0 Å². The van der Waals surface area contributed by atoms with Crippen molar-refractivity contribution in [2.24, 2.45) is 0 Å². The average Bonchev–Trinajstić information content (AvgIpc) is 2.60. The molecule has 7 nitrogen and oxygen atoms in total. The fraction of sp³-hybridized carbons (Fsp3) is 0.188. The van der Waals surface area contributed by atoms with Crippen molar-refractivity contribution in [1.29, 1.82) is 0 Å². The van der Waals surface area contributed by atoms with Crippen LogP contribution in [0.3, 0.4) is 0 Å². The van der Waals surface area contributed by atoms with Crippen LogP contribution < -0.4 is 15.4 Å². The Morgan fingerprint density at radius 3 is 2.50 bits per heavy atom. The van der Waals surface area contributed by atoms with Gasteiger partial charge in [-0.15, -0.1) is 0 Å². The van der Waals surface area contributed by atoms with Crippen LogP contribution in [0, 0.1) is 10.1 Å². The monoisotopic (exact) mass is 405 g/mol. The molecule has 0 aliphatic heterocycles. The van der Waals surface area contributed by atoms with E-state index in [1.165, 1.54) is 6.07 Å². The van der Waals surface area contributed by atoms with E-state index in [0.29, 0.717) is 0 Å². The summed E-state index contributed by atoms with van der Waals surface area (Å²) in [6, 6.07) is 5.80. The van der Waals surface area contributed by atoms with Gasteiger partial charge in [0.1, 0.15) is 5.75 Å². The van der Waals surface area contributed by atoms with E-state index in [2.05, 4.69) is 15.4 Å². The van der Waals surface area contributed by atoms with E-state index >= 15 is 0 Å². The van der Waals surface area contributed by atoms with Crippen LogP contribution in [0.5, 0.6) is 5.75 Å². The molecule has 0 radical (unpaired) electrons. The first-order chi connectivity index (χ1) is 13.1. The first-order valence-corrected chi connectivity index (χ1v) is 7.50. The maximum absolute atomic E-state index is 12.7. The Balaban J connectivity index is 2.10. The van der Waals surface area contributed by atoms with Crippen LogP contribution in [0.4, 0.5) is 38.1 Å². The lowest BCUT2D eigenvalue weighted by molar-refractivity contribution is -0.384. The number of halogens is 5. The molecule has 2 N–H and O–H groups in total. The lowest BCUT2D eigenvalue weighted by Crippen LogP contribution is -2.28. The van der Waals surface area contributed by atoms with Crippen molar-refractivity contribution in [2.45, 2.75) is 19.3 Å². The van der Waals surface area contributed by atoms with Gasteiger partial charge in [-0.2, -0.15) is 22.0 Å². The number of rotatable bonds is 6. The molecular weight excluding hydrogens is 393 g/mol. The predicted octanol–water partition coefficient (Wildman–Crippen LogP) is 4.54. The molecule has 0 aliphatic rings. The van der Waals surface area contributed by atoms with Crippen LogP contribution in [0.2, 0.25) is 0 Å². The molecule has 0 saturated carbocycles. The van der Waals surface area contributed by atoms with Crippen molar-refractivity contribution in [2.75, 3.05) is 5.32 Å². The third kappa shape index (κ3) is 5.79. The number of nitro benzene ring substituents is 1. The number of hydrogen-bond donors (Lipinski definition) is 2. The highest BCUT2D eigenvalue weighted by Gasteiger charge is 2.30. The number of ether oxygens (including phenoxy) is 1. The summed E-state index contributed by atoms with van der Waals surface area (Å²) in [5.41, 5.74) is -1.67. The summed E-state index contributed by atoms with van der Waals surface area (Å²) in [5.74, 6) is -0.519. The van der Waals surface area contributed by atoms with Crippen LogP contribution in [0.1, 0.15) is 11.1 Å². The Morgan fingerprint density at radius 1 is 1.18 bits per heavy atom. The van der Waals surface area contributed by atoms with Gasteiger partial charge in [-0.1, -0.05) is 12.1 Å². The molecule has 0 aliphatic carbocycles. The number of nitro groups is 1. The molecule has 28 heavy (non-hydrogen) atoms. The topological polar surface area (TPSA) is 93.5 Å². The molecule has 2 rings (SSSR count). The SMILES string of the molecule is O=C(NCc1cccc(C(F)(F)F)c1)Nc1cc([N+](=O)[O-])ccc1OC(F)F. The Kier molecular flexibility index (Phi) is 6.33.